The van der Waals surface area contributed by atoms with Crippen LogP contribution >= 0.6 is 0 Å². The minimum absolute atomic E-state index is 0.0149. The Bertz CT molecular complexity index is 517. The SMILES string of the molecule is Cc1cc(C)nc(OC2CCCN(C(=O)CC(C)(C)C)C2)n1. The van der Waals surface area contributed by atoms with Gasteiger partial charge in [-0.25, -0.2) is 9.97 Å². The molecule has 0 aromatic carbocycles. The fourth-order valence-electron chi connectivity index (χ4n) is 2.72. The molecule has 1 amide bonds. The topological polar surface area (TPSA) is 55.3 Å². The number of amides is 1. The van der Waals surface area contributed by atoms with E-state index in [0.29, 0.717) is 19.0 Å². The third-order valence-electron chi connectivity index (χ3n) is 3.65. The molecular formula is C17H27N3O2. The third-order valence-corrected chi connectivity index (χ3v) is 3.65. The maximum atomic E-state index is 12.4. The summed E-state index contributed by atoms with van der Waals surface area (Å²) in [6, 6.07) is 2.35. The Labute approximate surface area is 133 Å². The van der Waals surface area contributed by atoms with Gasteiger partial charge in [-0.2, -0.15) is 0 Å². The van der Waals surface area contributed by atoms with Crippen molar-refractivity contribution in [2.75, 3.05) is 13.1 Å². The number of likely N-dealkylation sites (tertiary alicyclic amines) is 1. The summed E-state index contributed by atoms with van der Waals surface area (Å²) < 4.78 is 5.91. The van der Waals surface area contributed by atoms with Crippen LogP contribution in [-0.4, -0.2) is 40.0 Å². The monoisotopic (exact) mass is 305 g/mol. The van der Waals surface area contributed by atoms with E-state index in [1.54, 1.807) is 0 Å². The molecule has 2 heterocycles. The average Bonchev–Trinajstić information content (AvgIpc) is 2.35. The van der Waals surface area contributed by atoms with Gasteiger partial charge < -0.3 is 9.64 Å². The van der Waals surface area contributed by atoms with Crippen molar-refractivity contribution in [1.82, 2.24) is 14.9 Å². The van der Waals surface area contributed by atoms with Gasteiger partial charge in [-0.3, -0.25) is 4.79 Å². The first-order chi connectivity index (χ1) is 10.2. The highest BCUT2D eigenvalue weighted by Gasteiger charge is 2.27. The summed E-state index contributed by atoms with van der Waals surface area (Å²) in [5.41, 5.74) is 1.82. The molecule has 1 atom stereocenters. The Kier molecular flexibility index (Phi) is 5.04. The van der Waals surface area contributed by atoms with Crippen LogP contribution in [0.3, 0.4) is 0 Å². The molecule has 0 spiro atoms. The van der Waals surface area contributed by atoms with E-state index in [2.05, 4.69) is 30.7 Å². The maximum Gasteiger partial charge on any atom is 0.317 e. The van der Waals surface area contributed by atoms with Crippen LogP contribution in [0.25, 0.3) is 0 Å². The Morgan fingerprint density at radius 2 is 1.95 bits per heavy atom. The fraction of sp³-hybridized carbons (Fsp3) is 0.706. The second-order valence-electron chi connectivity index (χ2n) is 7.39. The van der Waals surface area contributed by atoms with Crippen LogP contribution in [0.1, 0.15) is 51.4 Å². The smallest absolute Gasteiger partial charge is 0.317 e. The first-order valence-corrected chi connectivity index (χ1v) is 8.00. The predicted molar refractivity (Wildman–Crippen MR) is 85.8 cm³/mol. The largest absolute Gasteiger partial charge is 0.458 e. The van der Waals surface area contributed by atoms with Gasteiger partial charge in [0.15, 0.2) is 0 Å². The molecule has 22 heavy (non-hydrogen) atoms. The summed E-state index contributed by atoms with van der Waals surface area (Å²) in [5, 5.41) is 0. The minimum atomic E-state index is -0.0149. The van der Waals surface area contributed by atoms with Crippen LogP contribution in [0, 0.1) is 19.3 Å². The van der Waals surface area contributed by atoms with Crippen LogP contribution in [0.4, 0.5) is 0 Å². The normalized spacial score (nSPS) is 19.1. The summed E-state index contributed by atoms with van der Waals surface area (Å²) in [7, 11) is 0. The van der Waals surface area contributed by atoms with Gasteiger partial charge in [-0.05, 0) is 38.2 Å². The van der Waals surface area contributed by atoms with Gasteiger partial charge in [-0.1, -0.05) is 20.8 Å². The lowest BCUT2D eigenvalue weighted by molar-refractivity contribution is -0.135. The van der Waals surface area contributed by atoms with Gasteiger partial charge in [0.1, 0.15) is 6.10 Å². The second-order valence-corrected chi connectivity index (χ2v) is 7.39. The number of ether oxygens (including phenoxy) is 1. The predicted octanol–water partition coefficient (Wildman–Crippen LogP) is 2.90. The number of aryl methyl sites for hydroxylation is 2. The van der Waals surface area contributed by atoms with Gasteiger partial charge in [0, 0.05) is 24.4 Å². The van der Waals surface area contributed by atoms with E-state index in [-0.39, 0.29) is 17.4 Å². The standard InChI is InChI=1S/C17H27N3O2/c1-12-9-13(2)19-16(18-12)22-14-7-6-8-20(11-14)15(21)10-17(3,4)5/h9,14H,6-8,10-11H2,1-5H3. The average molecular weight is 305 g/mol. The third kappa shape index (κ3) is 4.97. The molecule has 0 N–H and O–H groups in total. The van der Waals surface area contributed by atoms with E-state index in [1.165, 1.54) is 0 Å². The summed E-state index contributed by atoms with van der Waals surface area (Å²) in [6.45, 7) is 11.6. The van der Waals surface area contributed by atoms with Crippen molar-refractivity contribution < 1.29 is 9.53 Å². The minimum Gasteiger partial charge on any atom is -0.458 e. The Morgan fingerprint density at radius 1 is 1.32 bits per heavy atom. The zero-order chi connectivity index (χ0) is 16.3. The van der Waals surface area contributed by atoms with Crippen molar-refractivity contribution in [3.8, 4) is 6.01 Å². The maximum absolute atomic E-state index is 12.4. The molecule has 1 aliphatic heterocycles. The van der Waals surface area contributed by atoms with Crippen LogP contribution < -0.4 is 4.74 Å². The zero-order valence-electron chi connectivity index (χ0n) is 14.3. The van der Waals surface area contributed by atoms with Crippen molar-refractivity contribution in [3.63, 3.8) is 0 Å². The molecule has 1 aromatic heterocycles. The lowest BCUT2D eigenvalue weighted by atomic mass is 9.91. The number of hydrogen-bond acceptors (Lipinski definition) is 4. The van der Waals surface area contributed by atoms with Crippen molar-refractivity contribution in [2.45, 2.75) is 60.0 Å². The van der Waals surface area contributed by atoms with Crippen molar-refractivity contribution >= 4 is 5.91 Å². The molecule has 0 radical (unpaired) electrons. The van der Waals surface area contributed by atoms with Crippen molar-refractivity contribution in [1.29, 1.82) is 0 Å². The Balaban J connectivity index is 1.97. The number of nitrogens with zero attached hydrogens (tertiary/aromatic N) is 3. The molecule has 2 rings (SSSR count). The molecule has 1 aliphatic rings. The highest BCUT2D eigenvalue weighted by atomic mass is 16.5. The highest BCUT2D eigenvalue weighted by Crippen LogP contribution is 2.22. The molecule has 0 saturated carbocycles. The lowest BCUT2D eigenvalue weighted by Crippen LogP contribution is -2.45. The Hall–Kier alpha value is -1.65. The van der Waals surface area contributed by atoms with Crippen LogP contribution in [0.5, 0.6) is 6.01 Å². The molecule has 5 nitrogen and oxygen atoms in total. The van der Waals surface area contributed by atoms with Gasteiger partial charge in [0.2, 0.25) is 5.91 Å². The van der Waals surface area contributed by atoms with Gasteiger partial charge in [-0.15, -0.1) is 0 Å². The highest BCUT2D eigenvalue weighted by molar-refractivity contribution is 5.76. The number of rotatable bonds is 3. The second kappa shape index (κ2) is 6.63. The number of aromatic nitrogens is 2. The van der Waals surface area contributed by atoms with Crippen molar-refractivity contribution in [3.05, 3.63) is 17.5 Å². The van der Waals surface area contributed by atoms with E-state index >= 15 is 0 Å². The molecule has 1 fully saturated rings. The zero-order valence-corrected chi connectivity index (χ0v) is 14.3. The van der Waals surface area contributed by atoms with E-state index in [0.717, 1.165) is 30.8 Å². The number of carbonyl (C=O) groups is 1. The van der Waals surface area contributed by atoms with E-state index in [9.17, 15) is 4.79 Å². The van der Waals surface area contributed by atoms with Crippen LogP contribution in [0.2, 0.25) is 0 Å². The van der Waals surface area contributed by atoms with E-state index in [4.69, 9.17) is 4.74 Å². The molecule has 1 aromatic rings. The Morgan fingerprint density at radius 3 is 2.55 bits per heavy atom. The molecule has 5 heteroatoms. The molecule has 122 valence electrons. The summed E-state index contributed by atoms with van der Waals surface area (Å²) in [6.07, 6.45) is 2.46. The lowest BCUT2D eigenvalue weighted by Gasteiger charge is -2.34. The van der Waals surface area contributed by atoms with Gasteiger partial charge in [0.25, 0.3) is 0 Å². The molecule has 1 unspecified atom stereocenters. The summed E-state index contributed by atoms with van der Waals surface area (Å²) in [4.78, 5) is 22.9. The quantitative estimate of drug-likeness (QED) is 0.861. The fourth-order valence-corrected chi connectivity index (χ4v) is 2.72. The van der Waals surface area contributed by atoms with Crippen LogP contribution in [0.15, 0.2) is 6.07 Å². The molecule has 1 saturated heterocycles. The summed E-state index contributed by atoms with van der Waals surface area (Å²) in [5.74, 6) is 0.210. The van der Waals surface area contributed by atoms with E-state index < -0.39 is 0 Å². The molecular weight excluding hydrogens is 278 g/mol. The first kappa shape index (κ1) is 16.7. The van der Waals surface area contributed by atoms with Crippen LogP contribution in [-0.2, 0) is 4.79 Å². The number of piperidine rings is 1. The van der Waals surface area contributed by atoms with E-state index in [1.807, 2.05) is 24.8 Å². The van der Waals surface area contributed by atoms with Gasteiger partial charge >= 0.3 is 6.01 Å². The number of hydrogen-bond donors (Lipinski definition) is 0. The number of carbonyl (C=O) groups excluding carboxylic acids is 1. The van der Waals surface area contributed by atoms with Gasteiger partial charge in [0.05, 0.1) is 6.54 Å². The molecule has 0 aliphatic carbocycles. The van der Waals surface area contributed by atoms with Crippen molar-refractivity contribution in [2.24, 2.45) is 5.41 Å². The molecule has 0 bridgehead atoms. The first-order valence-electron chi connectivity index (χ1n) is 8.00. The summed E-state index contributed by atoms with van der Waals surface area (Å²) >= 11 is 0.